The third kappa shape index (κ3) is 5.31. The average molecular weight is 443 g/mol. The Morgan fingerprint density at radius 1 is 1.16 bits per heavy atom. The molecule has 0 radical (unpaired) electrons. The number of rotatable bonds is 9. The largest absolute Gasteiger partial charge is 0.478 e. The van der Waals surface area contributed by atoms with E-state index in [1.807, 2.05) is 23.1 Å². The van der Waals surface area contributed by atoms with E-state index in [1.54, 1.807) is 6.07 Å². The topological polar surface area (TPSA) is 162 Å². The lowest BCUT2D eigenvalue weighted by molar-refractivity contribution is -0.384. The van der Waals surface area contributed by atoms with E-state index in [4.69, 9.17) is 5.73 Å². The van der Waals surface area contributed by atoms with Gasteiger partial charge < -0.3 is 26.2 Å². The van der Waals surface area contributed by atoms with Crippen LogP contribution in [0.25, 0.3) is 0 Å². The summed E-state index contributed by atoms with van der Waals surface area (Å²) in [5.41, 5.74) is 6.30. The molecule has 0 atom stereocenters. The first kappa shape index (κ1) is 23.0. The van der Waals surface area contributed by atoms with Crippen LogP contribution >= 0.6 is 0 Å². The van der Waals surface area contributed by atoms with Crippen molar-refractivity contribution in [2.75, 3.05) is 49.5 Å². The van der Waals surface area contributed by atoms with Crippen molar-refractivity contribution in [2.45, 2.75) is 6.42 Å². The normalized spacial score (nSPS) is 14.2. The van der Waals surface area contributed by atoms with Gasteiger partial charge in [0.2, 0.25) is 5.91 Å². The molecule has 2 aromatic carbocycles. The minimum atomic E-state index is -1.29. The van der Waals surface area contributed by atoms with E-state index in [0.29, 0.717) is 31.9 Å². The second kappa shape index (κ2) is 10.1. The zero-order valence-corrected chi connectivity index (χ0v) is 17.4. The van der Waals surface area contributed by atoms with Crippen molar-refractivity contribution in [3.63, 3.8) is 0 Å². The van der Waals surface area contributed by atoms with Gasteiger partial charge in [-0.3, -0.25) is 19.8 Å². The molecule has 3 rings (SSSR count). The first-order chi connectivity index (χ1) is 15.3. The van der Waals surface area contributed by atoms with E-state index in [9.17, 15) is 29.9 Å². The van der Waals surface area contributed by atoms with Gasteiger partial charge in [-0.2, -0.15) is 0 Å². The molecule has 1 heterocycles. The number of nitrogens with zero attached hydrogens (tertiary/aromatic N) is 3. The number of aliphatic hydroxyl groups is 1. The molecular weight excluding hydrogens is 418 g/mol. The predicted octanol–water partition coefficient (Wildman–Crippen LogP) is 1.18. The minimum absolute atomic E-state index is 0.0308. The summed E-state index contributed by atoms with van der Waals surface area (Å²) in [4.78, 5) is 37.8. The van der Waals surface area contributed by atoms with Crippen LogP contribution in [0, 0.1) is 10.1 Å². The number of amides is 1. The van der Waals surface area contributed by atoms with Gasteiger partial charge in [0.05, 0.1) is 17.0 Å². The molecule has 5 N–H and O–H groups in total. The number of piperazine rings is 1. The fourth-order valence-corrected chi connectivity index (χ4v) is 3.83. The van der Waals surface area contributed by atoms with Gasteiger partial charge in [-0.25, -0.2) is 4.79 Å². The molecule has 11 heteroatoms. The molecular formula is C21H25N5O6. The number of nitrogens with one attached hydrogen (secondary N) is 1. The maximum absolute atomic E-state index is 11.7. The van der Waals surface area contributed by atoms with Gasteiger partial charge in [0.15, 0.2) is 0 Å². The quantitative estimate of drug-likeness (QED) is 0.329. The molecule has 1 fully saturated rings. The summed E-state index contributed by atoms with van der Waals surface area (Å²) in [6, 6.07) is 10.0. The minimum Gasteiger partial charge on any atom is -0.478 e. The second-order valence-electron chi connectivity index (χ2n) is 7.43. The summed E-state index contributed by atoms with van der Waals surface area (Å²) in [6.07, 6.45) is -0.150. The van der Waals surface area contributed by atoms with E-state index >= 15 is 0 Å². The molecule has 11 nitrogen and oxygen atoms in total. The number of carboxylic acid groups (broad SMARTS) is 1. The van der Waals surface area contributed by atoms with Crippen molar-refractivity contribution in [1.82, 2.24) is 4.90 Å². The SMILES string of the molecule is NC(=O)CN1CCN(c2cccc(Nc3ccc(C(=O)O)c(CCO)c3[N+](=O)[O-])c2)CC1. The van der Waals surface area contributed by atoms with E-state index < -0.39 is 17.5 Å². The van der Waals surface area contributed by atoms with Gasteiger partial charge >= 0.3 is 5.97 Å². The number of aliphatic hydroxyl groups excluding tert-OH is 1. The lowest BCUT2D eigenvalue weighted by atomic mass is 10.0. The van der Waals surface area contributed by atoms with E-state index in [0.717, 1.165) is 5.69 Å². The number of benzene rings is 2. The van der Waals surface area contributed by atoms with Crippen molar-refractivity contribution in [3.8, 4) is 0 Å². The number of hydrogen-bond donors (Lipinski definition) is 4. The first-order valence-corrected chi connectivity index (χ1v) is 10.1. The Bertz CT molecular complexity index is 1020. The number of primary amides is 1. The molecule has 1 aliphatic rings. The van der Waals surface area contributed by atoms with Gasteiger partial charge in [-0.1, -0.05) is 6.07 Å². The zero-order chi connectivity index (χ0) is 23.3. The number of nitro benzene ring substituents is 1. The molecule has 0 saturated carbocycles. The predicted molar refractivity (Wildman–Crippen MR) is 118 cm³/mol. The maximum atomic E-state index is 11.7. The Balaban J connectivity index is 1.84. The number of carboxylic acids is 1. The van der Waals surface area contributed by atoms with Crippen molar-refractivity contribution in [3.05, 3.63) is 57.6 Å². The van der Waals surface area contributed by atoms with Crippen molar-refractivity contribution in [2.24, 2.45) is 5.73 Å². The Kier molecular flexibility index (Phi) is 7.23. The number of hydrogen-bond acceptors (Lipinski definition) is 8. The maximum Gasteiger partial charge on any atom is 0.336 e. The fourth-order valence-electron chi connectivity index (χ4n) is 3.83. The van der Waals surface area contributed by atoms with E-state index in [1.165, 1.54) is 12.1 Å². The molecule has 0 spiro atoms. The molecule has 0 aliphatic carbocycles. The van der Waals surface area contributed by atoms with Gasteiger partial charge in [0, 0.05) is 56.1 Å². The first-order valence-electron chi connectivity index (χ1n) is 10.1. The Morgan fingerprint density at radius 3 is 2.47 bits per heavy atom. The molecule has 0 bridgehead atoms. The van der Waals surface area contributed by atoms with Crippen LogP contribution in [-0.4, -0.2) is 71.2 Å². The molecule has 0 aromatic heterocycles. The molecule has 32 heavy (non-hydrogen) atoms. The summed E-state index contributed by atoms with van der Waals surface area (Å²) in [6.45, 7) is 2.58. The number of nitro groups is 1. The summed E-state index contributed by atoms with van der Waals surface area (Å²) >= 11 is 0. The highest BCUT2D eigenvalue weighted by Gasteiger charge is 2.26. The fraction of sp³-hybridized carbons (Fsp3) is 0.333. The summed E-state index contributed by atoms with van der Waals surface area (Å²) in [7, 11) is 0. The number of aromatic carboxylic acids is 1. The average Bonchev–Trinajstić information content (AvgIpc) is 2.74. The molecule has 2 aromatic rings. The molecule has 1 amide bonds. The van der Waals surface area contributed by atoms with Crippen LogP contribution < -0.4 is 16.0 Å². The second-order valence-corrected chi connectivity index (χ2v) is 7.43. The molecule has 1 aliphatic heterocycles. The Labute approximate surface area is 184 Å². The highest BCUT2D eigenvalue weighted by atomic mass is 16.6. The van der Waals surface area contributed by atoms with E-state index in [-0.39, 0.29) is 41.4 Å². The van der Waals surface area contributed by atoms with Crippen LogP contribution in [0.3, 0.4) is 0 Å². The standard InChI is InChI=1S/C21H25N5O6/c22-19(28)13-24-7-9-25(10-8-24)15-3-1-2-14(12-15)23-18-5-4-17(21(29)30)16(6-11-27)20(18)26(31)32/h1-5,12,23,27H,6-11,13H2,(H2,22,28)(H,29,30). The van der Waals surface area contributed by atoms with Gasteiger partial charge in [0.1, 0.15) is 5.69 Å². The number of anilines is 3. The molecule has 1 saturated heterocycles. The third-order valence-corrected chi connectivity index (χ3v) is 5.30. The molecule has 0 unspecified atom stereocenters. The number of carbonyl (C=O) groups excluding carboxylic acids is 1. The van der Waals surface area contributed by atoms with Crippen molar-refractivity contribution in [1.29, 1.82) is 0 Å². The smallest absolute Gasteiger partial charge is 0.336 e. The summed E-state index contributed by atoms with van der Waals surface area (Å²) in [5, 5.41) is 33.4. The van der Waals surface area contributed by atoms with Crippen LogP contribution in [0.1, 0.15) is 15.9 Å². The summed E-state index contributed by atoms with van der Waals surface area (Å²) < 4.78 is 0. The zero-order valence-electron chi connectivity index (χ0n) is 17.4. The van der Waals surface area contributed by atoms with Crippen LogP contribution in [0.15, 0.2) is 36.4 Å². The van der Waals surface area contributed by atoms with Crippen LogP contribution in [0.5, 0.6) is 0 Å². The van der Waals surface area contributed by atoms with E-state index in [2.05, 4.69) is 10.2 Å². The highest BCUT2D eigenvalue weighted by Crippen LogP contribution is 2.35. The van der Waals surface area contributed by atoms with Gasteiger partial charge in [0.25, 0.3) is 5.69 Å². The number of carbonyl (C=O) groups is 2. The third-order valence-electron chi connectivity index (χ3n) is 5.30. The lowest BCUT2D eigenvalue weighted by Gasteiger charge is -2.35. The van der Waals surface area contributed by atoms with Gasteiger partial charge in [-0.05, 0) is 30.3 Å². The highest BCUT2D eigenvalue weighted by molar-refractivity contribution is 5.93. The Hall–Kier alpha value is -3.70. The molecule has 170 valence electrons. The lowest BCUT2D eigenvalue weighted by Crippen LogP contribution is -2.48. The van der Waals surface area contributed by atoms with Gasteiger partial charge in [-0.15, -0.1) is 0 Å². The van der Waals surface area contributed by atoms with Crippen LogP contribution in [0.2, 0.25) is 0 Å². The monoisotopic (exact) mass is 443 g/mol. The van der Waals surface area contributed by atoms with Crippen molar-refractivity contribution >= 4 is 34.6 Å². The van der Waals surface area contributed by atoms with Crippen LogP contribution in [-0.2, 0) is 11.2 Å². The number of nitrogens with two attached hydrogens (primary N) is 1. The Morgan fingerprint density at radius 2 is 1.88 bits per heavy atom. The summed E-state index contributed by atoms with van der Waals surface area (Å²) in [5.74, 6) is -1.65. The van der Waals surface area contributed by atoms with Crippen LogP contribution in [0.4, 0.5) is 22.7 Å². The van der Waals surface area contributed by atoms with Crippen molar-refractivity contribution < 1.29 is 24.7 Å².